The molecule has 11 heteroatoms. The first-order valence-electron chi connectivity index (χ1n) is 10.1. The average molecular weight is 505 g/mol. The quantitative estimate of drug-likeness (QED) is 0.350. The van der Waals surface area contributed by atoms with Crippen molar-refractivity contribution in [3.8, 4) is 0 Å². The molecule has 0 radical (unpaired) electrons. The van der Waals surface area contributed by atoms with Crippen molar-refractivity contribution in [2.45, 2.75) is 29.5 Å². The zero-order chi connectivity index (χ0) is 23.5. The van der Waals surface area contributed by atoms with Gasteiger partial charge < -0.3 is 19.3 Å². The third kappa shape index (κ3) is 5.07. The molecule has 0 aliphatic rings. The van der Waals surface area contributed by atoms with E-state index in [1.807, 2.05) is 48.5 Å². The van der Waals surface area contributed by atoms with E-state index in [1.165, 1.54) is 11.8 Å². The standard InChI is InChI=1S/C22H22Cl2N6O2S/c1-29-17(11-13-7-3-5-9-15(13)23)25-26-20(29)18(31)19(32)21-27-28-22(30(21)2)33-12-14-8-4-6-10-16(14)24/h3-10,18-19,31-32H,11-12H2,1-2H3/t18-,19-/m0/s1. The molecule has 2 N–H and O–H groups in total. The molecule has 4 rings (SSSR count). The lowest BCUT2D eigenvalue weighted by molar-refractivity contribution is 0.00263. The van der Waals surface area contributed by atoms with Crippen molar-refractivity contribution in [2.75, 3.05) is 0 Å². The number of thioether (sulfide) groups is 1. The molecule has 0 aliphatic carbocycles. The Kier molecular flexibility index (Phi) is 7.35. The molecule has 2 aromatic heterocycles. The number of rotatable bonds is 8. The van der Waals surface area contributed by atoms with Crippen LogP contribution in [0.2, 0.25) is 10.0 Å². The molecule has 4 aromatic rings. The second-order valence-corrected chi connectivity index (χ2v) is 9.23. The molecule has 0 fully saturated rings. The smallest absolute Gasteiger partial charge is 0.191 e. The van der Waals surface area contributed by atoms with Crippen LogP contribution in [0.4, 0.5) is 0 Å². The van der Waals surface area contributed by atoms with E-state index in [4.69, 9.17) is 23.2 Å². The Morgan fingerprint density at radius 3 is 1.97 bits per heavy atom. The predicted molar refractivity (Wildman–Crippen MR) is 127 cm³/mol. The number of aliphatic hydroxyl groups is 2. The Labute approximate surface area is 205 Å². The van der Waals surface area contributed by atoms with E-state index < -0.39 is 12.2 Å². The van der Waals surface area contributed by atoms with Gasteiger partial charge in [0.1, 0.15) is 18.0 Å². The number of aliphatic hydroxyl groups excluding tert-OH is 2. The number of halogens is 2. The average Bonchev–Trinajstić information content (AvgIpc) is 3.36. The van der Waals surface area contributed by atoms with Crippen LogP contribution in [0.25, 0.3) is 0 Å². The Bertz CT molecular complexity index is 1260. The minimum absolute atomic E-state index is 0.220. The van der Waals surface area contributed by atoms with Crippen molar-refractivity contribution in [3.05, 3.63) is 87.2 Å². The minimum Gasteiger partial charge on any atom is -0.382 e. The van der Waals surface area contributed by atoms with Crippen LogP contribution in [-0.2, 0) is 26.3 Å². The summed E-state index contributed by atoms with van der Waals surface area (Å²) in [5.41, 5.74) is 1.86. The van der Waals surface area contributed by atoms with E-state index in [0.29, 0.717) is 33.2 Å². The van der Waals surface area contributed by atoms with Crippen molar-refractivity contribution >= 4 is 35.0 Å². The minimum atomic E-state index is -1.34. The van der Waals surface area contributed by atoms with Crippen LogP contribution in [0.5, 0.6) is 0 Å². The van der Waals surface area contributed by atoms with E-state index in [0.717, 1.165) is 11.1 Å². The molecular formula is C22H22Cl2N6O2S. The van der Waals surface area contributed by atoms with Gasteiger partial charge >= 0.3 is 0 Å². The summed E-state index contributed by atoms with van der Waals surface area (Å²) in [6, 6.07) is 15.0. The van der Waals surface area contributed by atoms with E-state index in [2.05, 4.69) is 20.4 Å². The molecule has 8 nitrogen and oxygen atoms in total. The molecule has 0 bridgehead atoms. The largest absolute Gasteiger partial charge is 0.382 e. The van der Waals surface area contributed by atoms with Crippen molar-refractivity contribution in [2.24, 2.45) is 14.1 Å². The van der Waals surface area contributed by atoms with Crippen molar-refractivity contribution in [1.29, 1.82) is 0 Å². The lowest BCUT2D eigenvalue weighted by Crippen LogP contribution is -2.18. The van der Waals surface area contributed by atoms with E-state index in [1.54, 1.807) is 23.2 Å². The number of aromatic nitrogens is 6. The Balaban J connectivity index is 1.48. The van der Waals surface area contributed by atoms with Gasteiger partial charge in [-0.3, -0.25) is 0 Å². The zero-order valence-electron chi connectivity index (χ0n) is 17.9. The summed E-state index contributed by atoms with van der Waals surface area (Å²) >= 11 is 13.9. The van der Waals surface area contributed by atoms with Gasteiger partial charge in [-0.25, -0.2) is 0 Å². The summed E-state index contributed by atoms with van der Waals surface area (Å²) in [6.07, 6.45) is -2.24. The number of nitrogens with zero attached hydrogens (tertiary/aromatic N) is 6. The lowest BCUT2D eigenvalue weighted by Gasteiger charge is -2.17. The van der Waals surface area contributed by atoms with Crippen molar-refractivity contribution < 1.29 is 10.2 Å². The molecule has 0 amide bonds. The first kappa shape index (κ1) is 23.7. The van der Waals surface area contributed by atoms with E-state index in [-0.39, 0.29) is 11.6 Å². The van der Waals surface area contributed by atoms with Gasteiger partial charge in [0.15, 0.2) is 16.8 Å². The highest BCUT2D eigenvalue weighted by atomic mass is 35.5. The highest BCUT2D eigenvalue weighted by Crippen LogP contribution is 2.31. The summed E-state index contributed by atoms with van der Waals surface area (Å²) in [5.74, 6) is 1.65. The maximum absolute atomic E-state index is 10.8. The van der Waals surface area contributed by atoms with Crippen LogP contribution in [-0.4, -0.2) is 39.7 Å². The fourth-order valence-corrected chi connectivity index (χ4v) is 4.75. The van der Waals surface area contributed by atoms with Crippen LogP contribution in [0.15, 0.2) is 53.7 Å². The van der Waals surface area contributed by atoms with Gasteiger partial charge in [-0.15, -0.1) is 20.4 Å². The molecule has 0 saturated heterocycles. The molecule has 0 saturated carbocycles. The fraction of sp³-hybridized carbons (Fsp3) is 0.273. The number of hydrogen-bond donors (Lipinski definition) is 2. The SMILES string of the molecule is Cn1c(Cc2ccccc2Cl)nnc1[C@@H](O)[C@H](O)c1nnc(SCc2ccccc2Cl)n1C. The maximum Gasteiger partial charge on any atom is 0.191 e. The van der Waals surface area contributed by atoms with Crippen LogP contribution in [0, 0.1) is 0 Å². The first-order chi connectivity index (χ1) is 15.9. The highest BCUT2D eigenvalue weighted by Gasteiger charge is 2.30. The van der Waals surface area contributed by atoms with Gasteiger partial charge in [-0.1, -0.05) is 71.4 Å². The van der Waals surface area contributed by atoms with E-state index >= 15 is 0 Å². The topological polar surface area (TPSA) is 102 Å². The Morgan fingerprint density at radius 1 is 0.788 bits per heavy atom. The van der Waals surface area contributed by atoms with Crippen LogP contribution in [0.3, 0.4) is 0 Å². The molecule has 2 aromatic carbocycles. The molecule has 2 atom stereocenters. The monoisotopic (exact) mass is 504 g/mol. The third-order valence-electron chi connectivity index (χ3n) is 5.32. The summed E-state index contributed by atoms with van der Waals surface area (Å²) in [5, 5.41) is 40.1. The molecular weight excluding hydrogens is 483 g/mol. The Morgan fingerprint density at radius 2 is 1.33 bits per heavy atom. The van der Waals surface area contributed by atoms with Crippen LogP contribution < -0.4 is 0 Å². The fourth-order valence-electron chi connectivity index (χ4n) is 3.35. The maximum atomic E-state index is 10.8. The second-order valence-electron chi connectivity index (χ2n) is 7.47. The number of benzene rings is 2. The summed E-state index contributed by atoms with van der Waals surface area (Å²) in [7, 11) is 3.47. The van der Waals surface area contributed by atoms with Crippen molar-refractivity contribution in [3.63, 3.8) is 0 Å². The summed E-state index contributed by atoms with van der Waals surface area (Å²) in [4.78, 5) is 0. The lowest BCUT2D eigenvalue weighted by atomic mass is 10.1. The second kappa shape index (κ2) is 10.2. The Hall–Kier alpha value is -2.43. The summed E-state index contributed by atoms with van der Waals surface area (Å²) < 4.78 is 3.30. The normalized spacial score (nSPS) is 13.3. The van der Waals surface area contributed by atoms with Gasteiger partial charge in [0.25, 0.3) is 0 Å². The molecule has 33 heavy (non-hydrogen) atoms. The van der Waals surface area contributed by atoms with Crippen molar-refractivity contribution in [1.82, 2.24) is 29.5 Å². The number of hydrogen-bond acceptors (Lipinski definition) is 7. The molecule has 0 unspecified atom stereocenters. The predicted octanol–water partition coefficient (Wildman–Crippen LogP) is 3.90. The molecule has 0 aliphatic heterocycles. The van der Waals surface area contributed by atoms with Gasteiger partial charge in [0.2, 0.25) is 0 Å². The molecule has 172 valence electrons. The summed E-state index contributed by atoms with van der Waals surface area (Å²) in [6.45, 7) is 0. The van der Waals surface area contributed by atoms with Crippen LogP contribution >= 0.6 is 35.0 Å². The van der Waals surface area contributed by atoms with Gasteiger partial charge in [-0.2, -0.15) is 0 Å². The van der Waals surface area contributed by atoms with Gasteiger partial charge in [-0.05, 0) is 23.3 Å². The third-order valence-corrected chi connectivity index (χ3v) is 7.12. The van der Waals surface area contributed by atoms with Gasteiger partial charge in [0.05, 0.1) is 0 Å². The van der Waals surface area contributed by atoms with Crippen LogP contribution in [0.1, 0.15) is 40.8 Å². The van der Waals surface area contributed by atoms with Gasteiger partial charge in [0, 0.05) is 36.3 Å². The molecule has 0 spiro atoms. The van der Waals surface area contributed by atoms with E-state index in [9.17, 15) is 10.2 Å². The zero-order valence-corrected chi connectivity index (χ0v) is 20.3. The first-order valence-corrected chi connectivity index (χ1v) is 11.8. The highest BCUT2D eigenvalue weighted by molar-refractivity contribution is 7.98. The molecule has 2 heterocycles.